The molecule has 2 fully saturated rings. The largest absolute Gasteiger partial charge is 0.361 e. The molecule has 2 bridgehead atoms. The van der Waals surface area contributed by atoms with Gasteiger partial charge in [0, 0.05) is 24.7 Å². The number of carbonyl (C=O) groups is 1. The lowest BCUT2D eigenvalue weighted by Crippen LogP contribution is -2.64. The van der Waals surface area contributed by atoms with Crippen LogP contribution in [0.4, 0.5) is 5.69 Å². The predicted octanol–water partition coefficient (Wildman–Crippen LogP) is 3.04. The maximum atomic E-state index is 12.6. The lowest BCUT2D eigenvalue weighted by molar-refractivity contribution is 0.0870. The Hall–Kier alpha value is -1.85. The van der Waals surface area contributed by atoms with Crippen LogP contribution in [0.25, 0.3) is 0 Å². The average molecular weight is 325 g/mol. The minimum atomic E-state index is -0.301. The van der Waals surface area contributed by atoms with Crippen LogP contribution in [0.2, 0.25) is 0 Å². The first-order chi connectivity index (χ1) is 11.3. The SMILES string of the molecule is O=C1N[C@]2(C[C@@H]3CC[C@@H]2N3Cc2ccsc2)Nc2ccccc21. The van der Waals surface area contributed by atoms with Crippen LogP contribution in [-0.2, 0) is 6.54 Å². The zero-order chi connectivity index (χ0) is 15.4. The Bertz CT molecular complexity index is 759. The fourth-order valence-corrected chi connectivity index (χ4v) is 5.29. The number of nitrogens with one attached hydrogen (secondary N) is 2. The van der Waals surface area contributed by atoms with Gasteiger partial charge in [-0.25, -0.2) is 0 Å². The summed E-state index contributed by atoms with van der Waals surface area (Å²) in [6, 6.07) is 10.9. The van der Waals surface area contributed by atoms with Gasteiger partial charge in [0.1, 0.15) is 5.66 Å². The van der Waals surface area contributed by atoms with Crippen molar-refractivity contribution < 1.29 is 4.79 Å². The Kier molecular flexibility index (Phi) is 2.85. The van der Waals surface area contributed by atoms with Gasteiger partial charge in [0.25, 0.3) is 5.91 Å². The Balaban J connectivity index is 1.47. The summed E-state index contributed by atoms with van der Waals surface area (Å²) in [6.07, 6.45) is 3.36. The molecule has 1 spiro atoms. The second-order valence-electron chi connectivity index (χ2n) is 6.85. The highest BCUT2D eigenvalue weighted by molar-refractivity contribution is 7.07. The Labute approximate surface area is 139 Å². The predicted molar refractivity (Wildman–Crippen MR) is 91.6 cm³/mol. The van der Waals surface area contributed by atoms with Crippen molar-refractivity contribution in [1.82, 2.24) is 10.2 Å². The maximum Gasteiger partial charge on any atom is 0.255 e. The molecule has 0 unspecified atom stereocenters. The van der Waals surface area contributed by atoms with Gasteiger partial charge in [0.15, 0.2) is 0 Å². The molecule has 0 radical (unpaired) electrons. The Morgan fingerprint density at radius 3 is 3.00 bits per heavy atom. The lowest BCUT2D eigenvalue weighted by atomic mass is 9.86. The molecule has 2 saturated heterocycles. The molecular formula is C18H19N3OS. The van der Waals surface area contributed by atoms with Crippen LogP contribution in [0.3, 0.4) is 0 Å². The van der Waals surface area contributed by atoms with Gasteiger partial charge in [0.2, 0.25) is 0 Å². The van der Waals surface area contributed by atoms with Crippen molar-refractivity contribution in [3.63, 3.8) is 0 Å². The van der Waals surface area contributed by atoms with Crippen molar-refractivity contribution >= 4 is 22.9 Å². The summed E-state index contributed by atoms with van der Waals surface area (Å²) in [4.78, 5) is 15.2. The highest BCUT2D eigenvalue weighted by Gasteiger charge is 2.58. The highest BCUT2D eigenvalue weighted by Crippen LogP contribution is 2.47. The second kappa shape index (κ2) is 4.82. The molecule has 4 nitrogen and oxygen atoms in total. The summed E-state index contributed by atoms with van der Waals surface area (Å²) >= 11 is 1.75. The van der Waals surface area contributed by atoms with E-state index in [1.807, 2.05) is 24.3 Å². The molecule has 118 valence electrons. The summed E-state index contributed by atoms with van der Waals surface area (Å²) in [7, 11) is 0. The van der Waals surface area contributed by atoms with E-state index in [9.17, 15) is 4.79 Å². The summed E-state index contributed by atoms with van der Waals surface area (Å²) < 4.78 is 0. The van der Waals surface area contributed by atoms with Gasteiger partial charge in [-0.3, -0.25) is 9.69 Å². The van der Waals surface area contributed by atoms with Crippen LogP contribution in [0.1, 0.15) is 35.2 Å². The summed E-state index contributed by atoms with van der Waals surface area (Å²) in [6.45, 7) is 0.986. The van der Waals surface area contributed by atoms with Gasteiger partial charge >= 0.3 is 0 Å². The van der Waals surface area contributed by atoms with Gasteiger partial charge in [-0.1, -0.05) is 12.1 Å². The van der Waals surface area contributed by atoms with E-state index in [0.29, 0.717) is 12.1 Å². The van der Waals surface area contributed by atoms with Crippen molar-refractivity contribution in [3.8, 4) is 0 Å². The number of hydrogen-bond donors (Lipinski definition) is 2. The first kappa shape index (κ1) is 13.6. The number of hydrogen-bond acceptors (Lipinski definition) is 4. The van der Waals surface area contributed by atoms with E-state index in [1.165, 1.54) is 12.0 Å². The van der Waals surface area contributed by atoms with Crippen LogP contribution in [0, 0.1) is 0 Å². The maximum absolute atomic E-state index is 12.6. The fraction of sp³-hybridized carbons (Fsp3) is 0.389. The first-order valence-corrected chi connectivity index (χ1v) is 9.16. The Morgan fingerprint density at radius 1 is 1.22 bits per heavy atom. The molecule has 0 aliphatic carbocycles. The van der Waals surface area contributed by atoms with Crippen LogP contribution < -0.4 is 10.6 Å². The quantitative estimate of drug-likeness (QED) is 0.892. The number of nitrogens with zero attached hydrogens (tertiary/aromatic N) is 1. The molecule has 2 aromatic rings. The number of para-hydroxylation sites is 1. The van der Waals surface area contributed by atoms with E-state index in [-0.39, 0.29) is 11.6 Å². The molecule has 3 aliphatic rings. The topological polar surface area (TPSA) is 44.4 Å². The molecule has 5 heteroatoms. The zero-order valence-corrected chi connectivity index (χ0v) is 13.6. The van der Waals surface area contributed by atoms with E-state index in [1.54, 1.807) is 11.3 Å². The summed E-state index contributed by atoms with van der Waals surface area (Å²) in [5.41, 5.74) is 2.81. The van der Waals surface area contributed by atoms with Gasteiger partial charge in [-0.05, 0) is 47.4 Å². The number of anilines is 1. The molecule has 23 heavy (non-hydrogen) atoms. The fourth-order valence-electron chi connectivity index (χ4n) is 4.63. The van der Waals surface area contributed by atoms with Gasteiger partial charge in [-0.2, -0.15) is 11.3 Å². The monoisotopic (exact) mass is 325 g/mol. The van der Waals surface area contributed by atoms with Crippen molar-refractivity contribution in [1.29, 1.82) is 0 Å². The van der Waals surface area contributed by atoms with Crippen molar-refractivity contribution in [2.45, 2.75) is 43.6 Å². The first-order valence-electron chi connectivity index (χ1n) is 8.22. The number of amides is 1. The Morgan fingerprint density at radius 2 is 2.13 bits per heavy atom. The lowest BCUT2D eigenvalue weighted by Gasteiger charge is -2.43. The van der Waals surface area contributed by atoms with Gasteiger partial charge in [0.05, 0.1) is 11.6 Å². The zero-order valence-electron chi connectivity index (χ0n) is 12.8. The third kappa shape index (κ3) is 1.96. The van der Waals surface area contributed by atoms with Crippen molar-refractivity contribution in [2.75, 3.05) is 5.32 Å². The van der Waals surface area contributed by atoms with Crippen LogP contribution in [0.15, 0.2) is 41.1 Å². The summed E-state index contributed by atoms with van der Waals surface area (Å²) in [5.74, 6) is 0.0578. The average Bonchev–Trinajstić information content (AvgIpc) is 3.24. The molecule has 2 N–H and O–H groups in total. The normalized spacial score (nSPS) is 31.9. The highest BCUT2D eigenvalue weighted by atomic mass is 32.1. The van der Waals surface area contributed by atoms with Gasteiger partial charge in [-0.15, -0.1) is 0 Å². The van der Waals surface area contributed by atoms with E-state index < -0.39 is 0 Å². The van der Waals surface area contributed by atoms with E-state index in [4.69, 9.17) is 0 Å². The number of thiophene rings is 1. The molecule has 3 aliphatic heterocycles. The molecule has 5 rings (SSSR count). The summed E-state index contributed by atoms with van der Waals surface area (Å²) in [5, 5.41) is 11.3. The third-order valence-corrected chi connectivity index (χ3v) is 6.31. The molecule has 0 saturated carbocycles. The van der Waals surface area contributed by atoms with Gasteiger partial charge < -0.3 is 10.6 Å². The number of fused-ring (bicyclic) bond motifs is 4. The second-order valence-corrected chi connectivity index (χ2v) is 7.63. The minimum absolute atomic E-state index is 0.0578. The number of rotatable bonds is 2. The third-order valence-electron chi connectivity index (χ3n) is 5.58. The van der Waals surface area contributed by atoms with Crippen LogP contribution >= 0.6 is 11.3 Å². The van der Waals surface area contributed by atoms with Crippen molar-refractivity contribution in [3.05, 3.63) is 52.2 Å². The van der Waals surface area contributed by atoms with Crippen molar-refractivity contribution in [2.24, 2.45) is 0 Å². The number of carbonyl (C=O) groups excluding carboxylic acids is 1. The van der Waals surface area contributed by atoms with E-state index >= 15 is 0 Å². The smallest absolute Gasteiger partial charge is 0.255 e. The molecule has 1 amide bonds. The molecule has 1 aromatic carbocycles. The minimum Gasteiger partial charge on any atom is -0.361 e. The molecular weight excluding hydrogens is 306 g/mol. The standard InChI is InChI=1S/C18H19N3OS/c22-17-14-3-1-2-4-15(14)19-18(20-17)9-13-5-6-16(18)21(13)10-12-7-8-23-11-12/h1-4,7-8,11,13,16,19H,5-6,9-10H2,(H,20,22)/t13-,16-,18-/m0/s1. The molecule has 1 aromatic heterocycles. The number of benzene rings is 1. The van der Waals surface area contributed by atoms with Crippen LogP contribution in [0.5, 0.6) is 0 Å². The van der Waals surface area contributed by atoms with E-state index in [2.05, 4.69) is 32.4 Å². The molecule has 3 atom stereocenters. The van der Waals surface area contributed by atoms with E-state index in [0.717, 1.165) is 30.6 Å². The van der Waals surface area contributed by atoms with Crippen LogP contribution in [-0.4, -0.2) is 28.6 Å². The molecule has 4 heterocycles.